The van der Waals surface area contributed by atoms with Crippen LogP contribution in [0.5, 0.6) is 0 Å². The summed E-state index contributed by atoms with van der Waals surface area (Å²) in [6, 6.07) is 25.8. The van der Waals surface area contributed by atoms with E-state index in [4.69, 9.17) is 4.42 Å². The molecule has 4 aromatic rings. The maximum atomic E-state index is 12.6. The Balaban J connectivity index is 1.67. The van der Waals surface area contributed by atoms with Crippen LogP contribution < -0.4 is 5.32 Å². The molecule has 1 amide bonds. The molecule has 0 saturated carbocycles. The molecule has 0 radical (unpaired) electrons. The van der Waals surface area contributed by atoms with Crippen molar-refractivity contribution in [1.29, 1.82) is 0 Å². The predicted octanol–water partition coefficient (Wildman–Crippen LogP) is 5.46. The molecule has 29 heavy (non-hydrogen) atoms. The number of amides is 1. The average molecular weight is 382 g/mol. The number of nitrogens with zero attached hydrogens (tertiary/aromatic N) is 1. The van der Waals surface area contributed by atoms with Gasteiger partial charge in [-0.25, -0.2) is 0 Å². The number of oxazole rings is 1. The van der Waals surface area contributed by atoms with Crippen molar-refractivity contribution in [3.63, 3.8) is 0 Å². The Bertz CT molecular complexity index is 1090. The van der Waals surface area contributed by atoms with Crippen LogP contribution in [0, 0.1) is 0 Å². The van der Waals surface area contributed by atoms with E-state index in [1.165, 1.54) is 6.92 Å². The Labute approximate surface area is 168 Å². The van der Waals surface area contributed by atoms with Crippen LogP contribution in [0.4, 0.5) is 6.01 Å². The van der Waals surface area contributed by atoms with Crippen molar-refractivity contribution in [2.75, 3.05) is 5.32 Å². The van der Waals surface area contributed by atoms with E-state index in [1.807, 2.05) is 60.7 Å². The molecule has 0 spiro atoms. The Morgan fingerprint density at radius 2 is 1.31 bits per heavy atom. The summed E-state index contributed by atoms with van der Waals surface area (Å²) in [4.78, 5) is 28.5. The first-order valence-electron chi connectivity index (χ1n) is 9.16. The second-order valence-corrected chi connectivity index (χ2v) is 6.52. The summed E-state index contributed by atoms with van der Waals surface area (Å²) >= 11 is 0. The Morgan fingerprint density at radius 1 is 0.759 bits per heavy atom. The van der Waals surface area contributed by atoms with E-state index in [0.29, 0.717) is 22.6 Å². The first-order chi connectivity index (χ1) is 14.1. The van der Waals surface area contributed by atoms with Gasteiger partial charge in [0.2, 0.25) is 0 Å². The zero-order valence-electron chi connectivity index (χ0n) is 15.8. The van der Waals surface area contributed by atoms with Crippen LogP contribution in [0.1, 0.15) is 27.6 Å². The zero-order chi connectivity index (χ0) is 20.2. The lowest BCUT2D eigenvalue weighted by molar-refractivity contribution is 0.100. The van der Waals surface area contributed by atoms with E-state index in [0.717, 1.165) is 11.1 Å². The first kappa shape index (κ1) is 18.4. The Hall–Kier alpha value is -3.99. The van der Waals surface area contributed by atoms with Crippen molar-refractivity contribution in [3.05, 3.63) is 96.1 Å². The molecule has 0 saturated heterocycles. The minimum absolute atomic E-state index is 0.0512. The van der Waals surface area contributed by atoms with Gasteiger partial charge in [0.25, 0.3) is 5.91 Å². The summed E-state index contributed by atoms with van der Waals surface area (Å²) in [6.07, 6.45) is 0. The van der Waals surface area contributed by atoms with Gasteiger partial charge in [0, 0.05) is 22.3 Å². The SMILES string of the molecule is CC(=O)c1ccc(C(=O)Nc2nc(-c3ccccc3)c(-c3ccccc3)o2)cc1. The largest absolute Gasteiger partial charge is 0.423 e. The van der Waals surface area contributed by atoms with E-state index in [9.17, 15) is 9.59 Å². The minimum atomic E-state index is -0.361. The maximum Gasteiger partial charge on any atom is 0.302 e. The molecule has 0 unspecified atom stereocenters. The van der Waals surface area contributed by atoms with Crippen LogP contribution in [0.25, 0.3) is 22.6 Å². The van der Waals surface area contributed by atoms with E-state index >= 15 is 0 Å². The molecule has 0 aliphatic heterocycles. The number of hydrogen-bond acceptors (Lipinski definition) is 4. The molecule has 3 aromatic carbocycles. The van der Waals surface area contributed by atoms with E-state index in [-0.39, 0.29) is 17.7 Å². The molecule has 0 bridgehead atoms. The number of aromatic nitrogens is 1. The highest BCUT2D eigenvalue weighted by atomic mass is 16.4. The third-order valence-electron chi connectivity index (χ3n) is 4.48. The average Bonchev–Trinajstić information content (AvgIpc) is 3.19. The van der Waals surface area contributed by atoms with Gasteiger partial charge in [-0.05, 0) is 19.1 Å². The first-order valence-corrected chi connectivity index (χ1v) is 9.16. The Morgan fingerprint density at radius 3 is 1.90 bits per heavy atom. The van der Waals surface area contributed by atoms with Gasteiger partial charge in [0.1, 0.15) is 5.69 Å². The van der Waals surface area contributed by atoms with Gasteiger partial charge in [0.15, 0.2) is 11.5 Å². The number of hydrogen-bond donors (Lipinski definition) is 1. The lowest BCUT2D eigenvalue weighted by atomic mass is 10.1. The fourth-order valence-electron chi connectivity index (χ4n) is 2.98. The van der Waals surface area contributed by atoms with Crippen molar-refractivity contribution < 1.29 is 14.0 Å². The van der Waals surface area contributed by atoms with Gasteiger partial charge in [0.05, 0.1) is 0 Å². The molecule has 1 heterocycles. The highest BCUT2D eigenvalue weighted by Gasteiger charge is 2.18. The summed E-state index contributed by atoms with van der Waals surface area (Å²) < 4.78 is 5.91. The Kier molecular flexibility index (Phi) is 5.03. The predicted molar refractivity (Wildman–Crippen MR) is 112 cm³/mol. The molecule has 0 fully saturated rings. The lowest BCUT2D eigenvalue weighted by Gasteiger charge is -2.02. The minimum Gasteiger partial charge on any atom is -0.423 e. The quantitative estimate of drug-likeness (QED) is 0.465. The smallest absolute Gasteiger partial charge is 0.302 e. The van der Waals surface area contributed by atoms with Crippen LogP contribution in [-0.2, 0) is 0 Å². The molecule has 0 aliphatic rings. The van der Waals surface area contributed by atoms with Gasteiger partial charge in [-0.1, -0.05) is 72.8 Å². The number of rotatable bonds is 5. The lowest BCUT2D eigenvalue weighted by Crippen LogP contribution is -2.12. The molecule has 1 aromatic heterocycles. The molecule has 0 atom stereocenters. The fourth-order valence-corrected chi connectivity index (χ4v) is 2.98. The number of carbonyl (C=O) groups excluding carboxylic acids is 2. The van der Waals surface area contributed by atoms with E-state index < -0.39 is 0 Å². The molecule has 1 N–H and O–H groups in total. The number of anilines is 1. The second kappa shape index (κ2) is 7.94. The van der Waals surface area contributed by atoms with Gasteiger partial charge >= 0.3 is 6.01 Å². The number of carbonyl (C=O) groups is 2. The topological polar surface area (TPSA) is 72.2 Å². The van der Waals surface area contributed by atoms with Gasteiger partial charge < -0.3 is 4.42 Å². The van der Waals surface area contributed by atoms with Crippen molar-refractivity contribution >= 4 is 17.7 Å². The molecule has 4 rings (SSSR count). The van der Waals surface area contributed by atoms with Crippen molar-refractivity contribution in [1.82, 2.24) is 4.98 Å². The number of benzene rings is 3. The third kappa shape index (κ3) is 3.99. The summed E-state index contributed by atoms with van der Waals surface area (Å²) in [6.45, 7) is 1.48. The van der Waals surface area contributed by atoms with Gasteiger partial charge in [-0.3, -0.25) is 14.9 Å². The van der Waals surface area contributed by atoms with Crippen LogP contribution >= 0.6 is 0 Å². The summed E-state index contributed by atoms with van der Waals surface area (Å²) in [5.41, 5.74) is 3.37. The number of nitrogens with one attached hydrogen (secondary N) is 1. The highest BCUT2D eigenvalue weighted by Crippen LogP contribution is 2.34. The molecule has 0 aliphatic carbocycles. The third-order valence-corrected chi connectivity index (χ3v) is 4.48. The second-order valence-electron chi connectivity index (χ2n) is 6.52. The molecule has 142 valence electrons. The van der Waals surface area contributed by atoms with Crippen LogP contribution in [-0.4, -0.2) is 16.7 Å². The normalized spacial score (nSPS) is 10.5. The van der Waals surface area contributed by atoms with Gasteiger partial charge in [-0.2, -0.15) is 4.98 Å². The van der Waals surface area contributed by atoms with Crippen LogP contribution in [0.15, 0.2) is 89.3 Å². The molecular weight excluding hydrogens is 364 g/mol. The summed E-state index contributed by atoms with van der Waals surface area (Å²) in [5, 5.41) is 2.71. The summed E-state index contributed by atoms with van der Waals surface area (Å²) in [5.74, 6) is 0.171. The number of ketones is 1. The van der Waals surface area contributed by atoms with Crippen molar-refractivity contribution in [3.8, 4) is 22.6 Å². The highest BCUT2D eigenvalue weighted by molar-refractivity contribution is 6.04. The van der Waals surface area contributed by atoms with E-state index in [1.54, 1.807) is 24.3 Å². The monoisotopic (exact) mass is 382 g/mol. The molecule has 5 heteroatoms. The fraction of sp³-hybridized carbons (Fsp3) is 0.0417. The van der Waals surface area contributed by atoms with Crippen molar-refractivity contribution in [2.24, 2.45) is 0 Å². The number of Topliss-reactive ketones (excluding diaryl/α,β-unsaturated/α-hetero) is 1. The van der Waals surface area contributed by atoms with E-state index in [2.05, 4.69) is 10.3 Å². The van der Waals surface area contributed by atoms with Crippen LogP contribution in [0.3, 0.4) is 0 Å². The molecular formula is C24H18N2O3. The van der Waals surface area contributed by atoms with Gasteiger partial charge in [-0.15, -0.1) is 0 Å². The van der Waals surface area contributed by atoms with Crippen LogP contribution in [0.2, 0.25) is 0 Å². The standard InChI is InChI=1S/C24H18N2O3/c1-16(27)17-12-14-20(15-13-17)23(28)26-24-25-21(18-8-4-2-5-9-18)22(29-24)19-10-6-3-7-11-19/h2-15H,1H3,(H,25,26,28). The van der Waals surface area contributed by atoms with Crippen molar-refractivity contribution in [2.45, 2.75) is 6.92 Å². The molecule has 5 nitrogen and oxygen atoms in total. The summed E-state index contributed by atoms with van der Waals surface area (Å²) in [7, 11) is 0. The zero-order valence-corrected chi connectivity index (χ0v) is 15.8. The maximum absolute atomic E-state index is 12.6.